The van der Waals surface area contributed by atoms with Crippen LogP contribution in [0.1, 0.15) is 11.1 Å². The van der Waals surface area contributed by atoms with Crippen LogP contribution in [-0.4, -0.2) is 10.2 Å². The highest BCUT2D eigenvalue weighted by molar-refractivity contribution is 5.56. The van der Waals surface area contributed by atoms with Gasteiger partial charge >= 0.3 is 6.01 Å². The fourth-order valence-corrected chi connectivity index (χ4v) is 1.45. The van der Waals surface area contributed by atoms with Crippen molar-refractivity contribution in [2.24, 2.45) is 0 Å². The fourth-order valence-electron chi connectivity index (χ4n) is 1.45. The predicted molar refractivity (Wildman–Crippen MR) is 53.6 cm³/mol. The highest BCUT2D eigenvalue weighted by Crippen LogP contribution is 2.21. The monoisotopic (exact) mass is 189 g/mol. The lowest BCUT2D eigenvalue weighted by molar-refractivity contribution is 0.590. The first-order chi connectivity index (χ1) is 6.65. The summed E-state index contributed by atoms with van der Waals surface area (Å²) in [6, 6.07) is 6.16. The van der Waals surface area contributed by atoms with E-state index in [0.29, 0.717) is 5.89 Å². The largest absolute Gasteiger partial charge is 0.404 e. The Balaban J connectivity index is 2.51. The third kappa shape index (κ3) is 1.59. The summed E-state index contributed by atoms with van der Waals surface area (Å²) in [4.78, 5) is 0. The molecule has 0 fully saturated rings. The molecule has 2 rings (SSSR count). The Morgan fingerprint density at radius 1 is 1.07 bits per heavy atom. The average Bonchev–Trinajstić information content (AvgIpc) is 2.50. The van der Waals surface area contributed by atoms with Crippen molar-refractivity contribution in [3.05, 3.63) is 29.3 Å². The summed E-state index contributed by atoms with van der Waals surface area (Å²) >= 11 is 0. The van der Waals surface area contributed by atoms with Crippen molar-refractivity contribution in [1.29, 1.82) is 0 Å². The van der Waals surface area contributed by atoms with E-state index in [9.17, 15) is 0 Å². The first kappa shape index (κ1) is 8.74. The van der Waals surface area contributed by atoms with Gasteiger partial charge in [-0.05, 0) is 26.0 Å². The van der Waals surface area contributed by atoms with Crippen LogP contribution >= 0.6 is 0 Å². The number of hydrogen-bond donors (Lipinski definition) is 1. The highest BCUT2D eigenvalue weighted by Gasteiger charge is 2.06. The van der Waals surface area contributed by atoms with Crippen molar-refractivity contribution in [2.75, 3.05) is 5.73 Å². The van der Waals surface area contributed by atoms with Gasteiger partial charge in [0.25, 0.3) is 0 Å². The van der Waals surface area contributed by atoms with E-state index in [1.54, 1.807) is 0 Å². The normalized spacial score (nSPS) is 10.4. The van der Waals surface area contributed by atoms with Gasteiger partial charge in [-0.15, -0.1) is 5.10 Å². The molecule has 1 aromatic carbocycles. The molecule has 0 amide bonds. The maximum absolute atomic E-state index is 5.35. The number of benzene rings is 1. The van der Waals surface area contributed by atoms with E-state index >= 15 is 0 Å². The summed E-state index contributed by atoms with van der Waals surface area (Å²) < 4.78 is 5.14. The molecule has 0 saturated heterocycles. The number of aryl methyl sites for hydroxylation is 2. The number of hydrogen-bond acceptors (Lipinski definition) is 4. The zero-order valence-electron chi connectivity index (χ0n) is 8.11. The molecule has 1 heterocycles. The van der Waals surface area contributed by atoms with E-state index < -0.39 is 0 Å². The summed E-state index contributed by atoms with van der Waals surface area (Å²) in [5.74, 6) is 0.467. The van der Waals surface area contributed by atoms with Crippen molar-refractivity contribution >= 4 is 6.01 Å². The van der Waals surface area contributed by atoms with Gasteiger partial charge in [0.15, 0.2) is 0 Å². The molecule has 0 unspecified atom stereocenters. The number of nitrogen functional groups attached to an aromatic ring is 1. The summed E-state index contributed by atoms with van der Waals surface area (Å²) in [6.45, 7) is 4.05. The molecule has 1 aromatic heterocycles. The summed E-state index contributed by atoms with van der Waals surface area (Å²) in [5.41, 5.74) is 8.59. The van der Waals surface area contributed by atoms with Crippen LogP contribution in [0.5, 0.6) is 0 Å². The van der Waals surface area contributed by atoms with Gasteiger partial charge in [0.2, 0.25) is 5.89 Å². The van der Waals surface area contributed by atoms with E-state index in [-0.39, 0.29) is 6.01 Å². The SMILES string of the molecule is Cc1cc(C)cc(-c2nnc(N)o2)c1. The van der Waals surface area contributed by atoms with Crippen LogP contribution in [0.25, 0.3) is 11.5 Å². The molecular formula is C10H11N3O. The Kier molecular flexibility index (Phi) is 1.96. The van der Waals surface area contributed by atoms with Gasteiger partial charge in [-0.1, -0.05) is 22.3 Å². The van der Waals surface area contributed by atoms with Crippen molar-refractivity contribution in [1.82, 2.24) is 10.2 Å². The van der Waals surface area contributed by atoms with Gasteiger partial charge in [-0.25, -0.2) is 0 Å². The topological polar surface area (TPSA) is 64.9 Å². The molecule has 72 valence electrons. The minimum Gasteiger partial charge on any atom is -0.404 e. The van der Waals surface area contributed by atoms with Crippen LogP contribution in [0, 0.1) is 13.8 Å². The molecule has 0 spiro atoms. The first-order valence-electron chi connectivity index (χ1n) is 4.33. The quantitative estimate of drug-likeness (QED) is 0.744. The molecule has 0 radical (unpaired) electrons. The zero-order valence-corrected chi connectivity index (χ0v) is 8.11. The first-order valence-corrected chi connectivity index (χ1v) is 4.33. The maximum Gasteiger partial charge on any atom is 0.313 e. The maximum atomic E-state index is 5.35. The smallest absolute Gasteiger partial charge is 0.313 e. The van der Waals surface area contributed by atoms with E-state index in [1.807, 2.05) is 26.0 Å². The molecule has 0 saturated carbocycles. The molecule has 4 heteroatoms. The highest BCUT2D eigenvalue weighted by atomic mass is 16.4. The standard InChI is InChI=1S/C10H11N3O/c1-6-3-7(2)5-8(4-6)9-12-13-10(11)14-9/h3-5H,1-2H3,(H2,11,13). The van der Waals surface area contributed by atoms with Crippen LogP contribution in [0.3, 0.4) is 0 Å². The Morgan fingerprint density at radius 3 is 2.21 bits per heavy atom. The number of rotatable bonds is 1. The van der Waals surface area contributed by atoms with Crippen molar-refractivity contribution < 1.29 is 4.42 Å². The lowest BCUT2D eigenvalue weighted by Crippen LogP contribution is -1.82. The van der Waals surface area contributed by atoms with E-state index in [0.717, 1.165) is 16.7 Å². The van der Waals surface area contributed by atoms with Gasteiger partial charge in [0, 0.05) is 5.56 Å². The second-order valence-corrected chi connectivity index (χ2v) is 3.32. The third-order valence-corrected chi connectivity index (χ3v) is 1.91. The summed E-state index contributed by atoms with van der Waals surface area (Å²) in [5, 5.41) is 7.44. The van der Waals surface area contributed by atoms with Crippen molar-refractivity contribution in [2.45, 2.75) is 13.8 Å². The van der Waals surface area contributed by atoms with Crippen LogP contribution < -0.4 is 5.73 Å². The van der Waals surface area contributed by atoms with E-state index in [4.69, 9.17) is 10.2 Å². The average molecular weight is 189 g/mol. The Morgan fingerprint density at radius 2 is 1.71 bits per heavy atom. The molecule has 2 N–H and O–H groups in total. The fraction of sp³-hybridized carbons (Fsp3) is 0.200. The minimum absolute atomic E-state index is 0.0964. The Hall–Kier alpha value is -1.84. The van der Waals surface area contributed by atoms with E-state index in [2.05, 4.69) is 16.3 Å². The number of nitrogens with zero attached hydrogens (tertiary/aromatic N) is 2. The van der Waals surface area contributed by atoms with Gasteiger partial charge in [-0.2, -0.15) is 0 Å². The van der Waals surface area contributed by atoms with Crippen molar-refractivity contribution in [3.63, 3.8) is 0 Å². The third-order valence-electron chi connectivity index (χ3n) is 1.91. The second-order valence-electron chi connectivity index (χ2n) is 3.32. The second kappa shape index (κ2) is 3.14. The summed E-state index contributed by atoms with van der Waals surface area (Å²) in [7, 11) is 0. The molecule has 0 aliphatic carbocycles. The summed E-state index contributed by atoms with van der Waals surface area (Å²) in [6.07, 6.45) is 0. The molecule has 14 heavy (non-hydrogen) atoms. The molecule has 0 bridgehead atoms. The zero-order chi connectivity index (χ0) is 10.1. The van der Waals surface area contributed by atoms with Gasteiger partial charge in [-0.3, -0.25) is 0 Å². The van der Waals surface area contributed by atoms with Crippen LogP contribution in [0.15, 0.2) is 22.6 Å². The minimum atomic E-state index is 0.0964. The molecule has 2 aromatic rings. The number of nitrogens with two attached hydrogens (primary N) is 1. The number of anilines is 1. The van der Waals surface area contributed by atoms with Crippen LogP contribution in [-0.2, 0) is 0 Å². The van der Waals surface area contributed by atoms with Crippen molar-refractivity contribution in [3.8, 4) is 11.5 Å². The molecular weight excluding hydrogens is 178 g/mol. The molecule has 0 atom stereocenters. The molecule has 0 aliphatic heterocycles. The lowest BCUT2D eigenvalue weighted by atomic mass is 10.1. The van der Waals surface area contributed by atoms with Crippen LogP contribution in [0.4, 0.5) is 6.01 Å². The Bertz CT molecular complexity index is 442. The van der Waals surface area contributed by atoms with Gasteiger partial charge < -0.3 is 10.2 Å². The molecule has 4 nitrogen and oxygen atoms in total. The van der Waals surface area contributed by atoms with E-state index in [1.165, 1.54) is 0 Å². The Labute approximate surface area is 81.8 Å². The van der Waals surface area contributed by atoms with Crippen LogP contribution in [0.2, 0.25) is 0 Å². The number of aromatic nitrogens is 2. The van der Waals surface area contributed by atoms with Gasteiger partial charge in [0.1, 0.15) is 0 Å². The lowest BCUT2D eigenvalue weighted by Gasteiger charge is -1.99. The molecule has 0 aliphatic rings. The predicted octanol–water partition coefficient (Wildman–Crippen LogP) is 1.94. The van der Waals surface area contributed by atoms with Gasteiger partial charge in [0.05, 0.1) is 0 Å².